The molecular formula is C14H11N3O4. The number of H-pyrrole nitrogens is 2. The average molecular weight is 285 g/mol. The number of anilines is 1. The maximum absolute atomic E-state index is 11.9. The maximum Gasteiger partial charge on any atom is 0.326 e. The molecule has 7 nitrogen and oxygen atoms in total. The van der Waals surface area contributed by atoms with Crippen LogP contribution in [0.3, 0.4) is 0 Å². The van der Waals surface area contributed by atoms with Crippen LogP contribution in [0, 0.1) is 11.8 Å². The molecule has 0 unspecified atom stereocenters. The molecule has 2 rings (SSSR count). The third-order valence-corrected chi connectivity index (χ3v) is 2.44. The summed E-state index contributed by atoms with van der Waals surface area (Å²) in [5.74, 6) is 4.57. The number of nitrogens with one attached hydrogen (secondary N) is 3. The zero-order valence-corrected chi connectivity index (χ0v) is 10.8. The number of aliphatic hydroxyl groups is 1. The molecule has 1 aromatic heterocycles. The standard InChI is InChI=1S/C14H11N3O4/c18-6-2-4-9-3-1-5-10(7-9)15-13(20)11-8-12(19)17-14(21)16-11/h1,3,5,7-8,18H,6H2,(H,15,20)(H2,16,17,19,21). The van der Waals surface area contributed by atoms with Gasteiger partial charge in [-0.25, -0.2) is 4.79 Å². The summed E-state index contributed by atoms with van der Waals surface area (Å²) in [5, 5.41) is 11.2. The van der Waals surface area contributed by atoms with Crippen molar-refractivity contribution in [3.8, 4) is 11.8 Å². The smallest absolute Gasteiger partial charge is 0.326 e. The van der Waals surface area contributed by atoms with Crippen LogP contribution in [0.5, 0.6) is 0 Å². The lowest BCUT2D eigenvalue weighted by Gasteiger charge is -2.05. The van der Waals surface area contributed by atoms with Crippen LogP contribution >= 0.6 is 0 Å². The second kappa shape index (κ2) is 6.36. The average Bonchev–Trinajstić information content (AvgIpc) is 2.44. The minimum atomic E-state index is -0.754. The molecule has 1 aromatic carbocycles. The van der Waals surface area contributed by atoms with E-state index in [-0.39, 0.29) is 12.3 Å². The van der Waals surface area contributed by atoms with Gasteiger partial charge in [0.25, 0.3) is 11.5 Å². The Labute approximate surface area is 118 Å². The van der Waals surface area contributed by atoms with Crippen LogP contribution in [0.2, 0.25) is 0 Å². The van der Waals surface area contributed by atoms with Crippen molar-refractivity contribution in [1.82, 2.24) is 9.97 Å². The van der Waals surface area contributed by atoms with Crippen LogP contribution in [-0.2, 0) is 0 Å². The van der Waals surface area contributed by atoms with Crippen LogP contribution in [-0.4, -0.2) is 27.6 Å². The minimum Gasteiger partial charge on any atom is -0.384 e. The Bertz CT molecular complexity index is 811. The van der Waals surface area contributed by atoms with E-state index in [0.717, 1.165) is 6.07 Å². The summed E-state index contributed by atoms with van der Waals surface area (Å²) in [7, 11) is 0. The fourth-order valence-corrected chi connectivity index (χ4v) is 1.61. The van der Waals surface area contributed by atoms with Gasteiger partial charge in [0, 0.05) is 17.3 Å². The summed E-state index contributed by atoms with van der Waals surface area (Å²) < 4.78 is 0. The lowest BCUT2D eigenvalue weighted by molar-refractivity contribution is 0.102. The molecule has 21 heavy (non-hydrogen) atoms. The summed E-state index contributed by atoms with van der Waals surface area (Å²) >= 11 is 0. The van der Waals surface area contributed by atoms with Gasteiger partial charge in [0.15, 0.2) is 0 Å². The summed E-state index contributed by atoms with van der Waals surface area (Å²) in [6, 6.07) is 7.62. The predicted octanol–water partition coefficient (Wildman–Crippen LogP) is -0.341. The fourth-order valence-electron chi connectivity index (χ4n) is 1.61. The topological polar surface area (TPSA) is 115 Å². The Morgan fingerprint density at radius 3 is 2.76 bits per heavy atom. The molecule has 0 bridgehead atoms. The Kier molecular flexibility index (Phi) is 4.33. The van der Waals surface area contributed by atoms with Gasteiger partial charge < -0.3 is 15.4 Å². The summed E-state index contributed by atoms with van der Waals surface area (Å²) in [4.78, 5) is 38.4. The Morgan fingerprint density at radius 1 is 1.24 bits per heavy atom. The molecule has 4 N–H and O–H groups in total. The molecule has 106 valence electrons. The third-order valence-electron chi connectivity index (χ3n) is 2.44. The Balaban J connectivity index is 2.23. The van der Waals surface area contributed by atoms with Gasteiger partial charge in [0.1, 0.15) is 12.3 Å². The minimum absolute atomic E-state index is 0.143. The molecule has 2 aromatic rings. The van der Waals surface area contributed by atoms with Gasteiger partial charge in [-0.1, -0.05) is 17.9 Å². The van der Waals surface area contributed by atoms with Crippen LogP contribution in [0.4, 0.5) is 5.69 Å². The van der Waals surface area contributed by atoms with Gasteiger partial charge in [-0.3, -0.25) is 14.6 Å². The van der Waals surface area contributed by atoms with Crippen molar-refractivity contribution < 1.29 is 9.90 Å². The molecule has 0 radical (unpaired) electrons. The van der Waals surface area contributed by atoms with E-state index in [1.165, 1.54) is 0 Å². The van der Waals surface area contributed by atoms with Crippen molar-refractivity contribution in [2.45, 2.75) is 0 Å². The van der Waals surface area contributed by atoms with Gasteiger partial charge in [-0.05, 0) is 18.2 Å². The predicted molar refractivity (Wildman–Crippen MR) is 76.0 cm³/mol. The molecule has 1 heterocycles. The van der Waals surface area contributed by atoms with E-state index in [0.29, 0.717) is 11.3 Å². The van der Waals surface area contributed by atoms with E-state index in [1.807, 2.05) is 4.98 Å². The largest absolute Gasteiger partial charge is 0.384 e. The summed E-state index contributed by atoms with van der Waals surface area (Å²) in [6.07, 6.45) is 0. The van der Waals surface area contributed by atoms with E-state index in [4.69, 9.17) is 5.11 Å². The van der Waals surface area contributed by atoms with Gasteiger partial charge in [0.2, 0.25) is 0 Å². The molecular weight excluding hydrogens is 274 g/mol. The van der Waals surface area contributed by atoms with Crippen LogP contribution in [0.1, 0.15) is 16.1 Å². The molecule has 0 fully saturated rings. The molecule has 0 spiro atoms. The van der Waals surface area contributed by atoms with E-state index in [1.54, 1.807) is 24.3 Å². The van der Waals surface area contributed by atoms with Crippen molar-refractivity contribution in [1.29, 1.82) is 0 Å². The number of carbonyl (C=O) groups excluding carboxylic acids is 1. The monoisotopic (exact) mass is 285 g/mol. The molecule has 0 aliphatic rings. The molecule has 0 aliphatic carbocycles. The molecule has 0 atom stereocenters. The summed E-state index contributed by atoms with van der Waals surface area (Å²) in [6.45, 7) is -0.259. The highest BCUT2D eigenvalue weighted by atomic mass is 16.2. The van der Waals surface area contributed by atoms with Crippen molar-refractivity contribution in [2.75, 3.05) is 11.9 Å². The molecule has 0 saturated carbocycles. The second-order valence-corrected chi connectivity index (χ2v) is 4.00. The third kappa shape index (κ3) is 3.92. The Morgan fingerprint density at radius 2 is 2.05 bits per heavy atom. The van der Waals surface area contributed by atoms with Gasteiger partial charge in [-0.15, -0.1) is 0 Å². The first-order valence-corrected chi connectivity index (χ1v) is 5.93. The second-order valence-electron chi connectivity index (χ2n) is 4.00. The van der Waals surface area contributed by atoms with E-state index >= 15 is 0 Å². The van der Waals surface area contributed by atoms with Crippen molar-refractivity contribution >= 4 is 11.6 Å². The highest BCUT2D eigenvalue weighted by Gasteiger charge is 2.08. The van der Waals surface area contributed by atoms with E-state index in [2.05, 4.69) is 22.1 Å². The van der Waals surface area contributed by atoms with Gasteiger partial charge in [0.05, 0.1) is 0 Å². The number of hydrogen-bond acceptors (Lipinski definition) is 4. The normalized spacial score (nSPS) is 9.57. The molecule has 1 amide bonds. The number of benzene rings is 1. The van der Waals surface area contributed by atoms with Crippen LogP contribution < -0.4 is 16.6 Å². The first kappa shape index (κ1) is 14.3. The van der Waals surface area contributed by atoms with Crippen molar-refractivity contribution in [3.05, 3.63) is 62.4 Å². The Hall–Kier alpha value is -3.11. The quantitative estimate of drug-likeness (QED) is 0.565. The lowest BCUT2D eigenvalue weighted by atomic mass is 10.2. The number of aliphatic hydroxyl groups excluding tert-OH is 1. The SMILES string of the molecule is O=C(Nc1cccc(C#CCO)c1)c1cc(=O)[nH]c(=O)[nH]1. The summed E-state index contributed by atoms with van der Waals surface area (Å²) in [5.41, 5.74) is -0.496. The van der Waals surface area contributed by atoms with Crippen LogP contribution in [0.15, 0.2) is 39.9 Å². The first-order chi connectivity index (χ1) is 10.1. The molecule has 0 aliphatic heterocycles. The number of hydrogen-bond donors (Lipinski definition) is 4. The van der Waals surface area contributed by atoms with E-state index < -0.39 is 17.2 Å². The van der Waals surface area contributed by atoms with Crippen LogP contribution in [0.25, 0.3) is 0 Å². The lowest BCUT2D eigenvalue weighted by Crippen LogP contribution is -2.27. The van der Waals surface area contributed by atoms with Crippen molar-refractivity contribution in [2.24, 2.45) is 0 Å². The molecule has 7 heteroatoms. The maximum atomic E-state index is 11.9. The van der Waals surface area contributed by atoms with Crippen molar-refractivity contribution in [3.63, 3.8) is 0 Å². The zero-order chi connectivity index (χ0) is 15.2. The highest BCUT2D eigenvalue weighted by molar-refractivity contribution is 6.02. The number of amides is 1. The van der Waals surface area contributed by atoms with Gasteiger partial charge >= 0.3 is 5.69 Å². The number of carbonyl (C=O) groups is 1. The highest BCUT2D eigenvalue weighted by Crippen LogP contribution is 2.10. The zero-order valence-electron chi connectivity index (χ0n) is 10.8. The number of rotatable bonds is 2. The first-order valence-electron chi connectivity index (χ1n) is 5.93. The fraction of sp³-hybridized carbons (Fsp3) is 0.0714. The molecule has 0 saturated heterocycles. The van der Waals surface area contributed by atoms with Gasteiger partial charge in [-0.2, -0.15) is 0 Å². The van der Waals surface area contributed by atoms with E-state index in [9.17, 15) is 14.4 Å². The number of aromatic nitrogens is 2. The number of aromatic amines is 2.